The molecule has 0 amide bonds. The molecule has 1 aromatic heterocycles. The number of hydrogen-bond donors (Lipinski definition) is 1. The van der Waals surface area contributed by atoms with Crippen LogP contribution in [0.1, 0.15) is 31.9 Å². The molecule has 0 spiro atoms. The van der Waals surface area contributed by atoms with Crippen molar-refractivity contribution >= 4 is 30.0 Å². The molecule has 0 aliphatic heterocycles. The van der Waals surface area contributed by atoms with E-state index in [0.717, 1.165) is 11.1 Å². The first kappa shape index (κ1) is 17.6. The van der Waals surface area contributed by atoms with Crippen molar-refractivity contribution in [1.29, 1.82) is 0 Å². The minimum atomic E-state index is 0.107. The number of halogens is 1. The second-order valence-corrected chi connectivity index (χ2v) is 7.61. The summed E-state index contributed by atoms with van der Waals surface area (Å²) >= 11 is 11.2. The van der Waals surface area contributed by atoms with E-state index in [1.807, 2.05) is 36.4 Å². The van der Waals surface area contributed by atoms with Crippen molar-refractivity contribution in [3.05, 3.63) is 69.5 Å². The summed E-state index contributed by atoms with van der Waals surface area (Å²) in [6, 6.07) is 15.7. The number of aromatic nitrogens is 3. The van der Waals surface area contributed by atoms with E-state index in [1.165, 1.54) is 5.56 Å². The molecule has 3 rings (SSSR count). The maximum absolute atomic E-state index is 5.91. The third-order valence-electron chi connectivity index (χ3n) is 3.85. The van der Waals surface area contributed by atoms with E-state index in [1.54, 1.807) is 10.9 Å². The lowest BCUT2D eigenvalue weighted by molar-refractivity contribution is 0.590. The third kappa shape index (κ3) is 4.06. The van der Waals surface area contributed by atoms with E-state index in [0.29, 0.717) is 15.6 Å². The summed E-state index contributed by atoms with van der Waals surface area (Å²) in [4.78, 5) is 0. The molecule has 25 heavy (non-hydrogen) atoms. The molecule has 2 aromatic carbocycles. The van der Waals surface area contributed by atoms with Gasteiger partial charge in [-0.15, -0.1) is 0 Å². The Morgan fingerprint density at radius 3 is 2.32 bits per heavy atom. The van der Waals surface area contributed by atoms with E-state index in [-0.39, 0.29) is 5.41 Å². The van der Waals surface area contributed by atoms with Gasteiger partial charge in [0.2, 0.25) is 4.77 Å². The molecule has 0 radical (unpaired) electrons. The van der Waals surface area contributed by atoms with Gasteiger partial charge in [-0.25, -0.2) is 5.10 Å². The summed E-state index contributed by atoms with van der Waals surface area (Å²) in [6.45, 7) is 6.57. The highest BCUT2D eigenvalue weighted by Gasteiger charge is 2.14. The Bertz CT molecular complexity index is 945. The minimum absolute atomic E-state index is 0.107. The SMILES string of the molecule is CC(C)(C)c1ccc(-c2n[nH]c(=S)n2/N=C/c2ccc(Cl)cc2)cc1. The van der Waals surface area contributed by atoms with Crippen LogP contribution in [0.25, 0.3) is 11.4 Å². The Kier molecular flexibility index (Phi) is 4.88. The molecular weight excluding hydrogens is 352 g/mol. The van der Waals surface area contributed by atoms with Gasteiger partial charge in [0.1, 0.15) is 0 Å². The van der Waals surface area contributed by atoms with Crippen LogP contribution in [0.4, 0.5) is 0 Å². The van der Waals surface area contributed by atoms with E-state index in [9.17, 15) is 0 Å². The Morgan fingerprint density at radius 2 is 1.72 bits per heavy atom. The molecule has 0 bridgehead atoms. The van der Waals surface area contributed by atoms with Gasteiger partial charge in [-0.3, -0.25) is 0 Å². The Hall–Kier alpha value is -2.24. The van der Waals surface area contributed by atoms with Gasteiger partial charge in [-0.2, -0.15) is 14.9 Å². The molecular formula is C19H19ClN4S. The lowest BCUT2D eigenvalue weighted by Crippen LogP contribution is -2.10. The number of benzene rings is 2. The molecule has 128 valence electrons. The molecule has 0 atom stereocenters. The molecule has 6 heteroatoms. The number of H-pyrrole nitrogens is 1. The van der Waals surface area contributed by atoms with Crippen LogP contribution in [0.3, 0.4) is 0 Å². The van der Waals surface area contributed by atoms with Crippen molar-refractivity contribution in [2.45, 2.75) is 26.2 Å². The molecule has 0 aliphatic carbocycles. The van der Waals surface area contributed by atoms with Crippen molar-refractivity contribution in [2.75, 3.05) is 0 Å². The summed E-state index contributed by atoms with van der Waals surface area (Å²) in [5.74, 6) is 0.677. The largest absolute Gasteiger partial charge is 0.250 e. The quantitative estimate of drug-likeness (QED) is 0.492. The molecule has 1 heterocycles. The van der Waals surface area contributed by atoms with Crippen LogP contribution in [0.5, 0.6) is 0 Å². The molecule has 0 aliphatic rings. The predicted octanol–water partition coefficient (Wildman–Crippen LogP) is 5.44. The van der Waals surface area contributed by atoms with Crippen molar-refractivity contribution in [3.63, 3.8) is 0 Å². The summed E-state index contributed by atoms with van der Waals surface area (Å²) in [6.07, 6.45) is 1.73. The molecule has 0 unspecified atom stereocenters. The Morgan fingerprint density at radius 1 is 1.08 bits per heavy atom. The minimum Gasteiger partial charge on any atom is -0.250 e. The van der Waals surface area contributed by atoms with Gasteiger partial charge in [-0.05, 0) is 40.9 Å². The molecule has 0 saturated carbocycles. The summed E-state index contributed by atoms with van der Waals surface area (Å²) in [5, 5.41) is 12.3. The maximum Gasteiger partial charge on any atom is 0.216 e. The summed E-state index contributed by atoms with van der Waals surface area (Å²) < 4.78 is 2.07. The van der Waals surface area contributed by atoms with Crippen molar-refractivity contribution < 1.29 is 0 Å². The number of rotatable bonds is 3. The lowest BCUT2D eigenvalue weighted by Gasteiger charge is -2.18. The highest BCUT2D eigenvalue weighted by molar-refractivity contribution is 7.71. The number of aromatic amines is 1. The average molecular weight is 371 g/mol. The number of nitrogens with one attached hydrogen (secondary N) is 1. The second kappa shape index (κ2) is 6.94. The zero-order valence-corrected chi connectivity index (χ0v) is 15.9. The van der Waals surface area contributed by atoms with Crippen LogP contribution in [0, 0.1) is 4.77 Å². The van der Waals surface area contributed by atoms with Crippen LogP contribution < -0.4 is 0 Å². The van der Waals surface area contributed by atoms with E-state index in [4.69, 9.17) is 23.8 Å². The van der Waals surface area contributed by atoms with Crippen molar-refractivity contribution in [1.82, 2.24) is 14.9 Å². The summed E-state index contributed by atoms with van der Waals surface area (Å²) in [5.41, 5.74) is 3.26. The smallest absolute Gasteiger partial charge is 0.216 e. The first-order valence-electron chi connectivity index (χ1n) is 7.93. The Balaban J connectivity index is 1.94. The predicted molar refractivity (Wildman–Crippen MR) is 106 cm³/mol. The van der Waals surface area contributed by atoms with Crippen molar-refractivity contribution in [2.24, 2.45) is 5.10 Å². The van der Waals surface area contributed by atoms with Crippen LogP contribution in [0.2, 0.25) is 5.02 Å². The van der Waals surface area contributed by atoms with Gasteiger partial charge in [-0.1, -0.05) is 68.8 Å². The topological polar surface area (TPSA) is 46.0 Å². The van der Waals surface area contributed by atoms with Gasteiger partial charge < -0.3 is 0 Å². The van der Waals surface area contributed by atoms with Crippen molar-refractivity contribution in [3.8, 4) is 11.4 Å². The number of nitrogens with zero attached hydrogens (tertiary/aromatic N) is 3. The Labute approximate surface area is 157 Å². The zero-order chi connectivity index (χ0) is 18.0. The fraction of sp³-hybridized carbons (Fsp3) is 0.211. The van der Waals surface area contributed by atoms with E-state index >= 15 is 0 Å². The standard InChI is InChI=1S/C19H19ClN4S/c1-19(2,3)15-8-6-14(7-9-15)17-22-23-18(25)24(17)21-12-13-4-10-16(20)11-5-13/h4-12H,1-3H3,(H,23,25)/b21-12+. The van der Waals surface area contributed by atoms with Crippen LogP contribution in [0.15, 0.2) is 53.6 Å². The van der Waals surface area contributed by atoms with Gasteiger partial charge in [0.15, 0.2) is 5.82 Å². The summed E-state index contributed by atoms with van der Waals surface area (Å²) in [7, 11) is 0. The normalized spacial score (nSPS) is 12.0. The van der Waals surface area contributed by atoms with Gasteiger partial charge in [0, 0.05) is 10.6 Å². The fourth-order valence-corrected chi connectivity index (χ4v) is 2.68. The molecule has 3 aromatic rings. The van der Waals surface area contributed by atoms with Crippen LogP contribution in [-0.4, -0.2) is 21.1 Å². The molecule has 0 fully saturated rings. The van der Waals surface area contributed by atoms with Gasteiger partial charge >= 0.3 is 0 Å². The number of hydrogen-bond acceptors (Lipinski definition) is 3. The molecule has 4 nitrogen and oxygen atoms in total. The first-order valence-corrected chi connectivity index (χ1v) is 8.71. The highest BCUT2D eigenvalue weighted by atomic mass is 35.5. The maximum atomic E-state index is 5.91. The molecule has 1 N–H and O–H groups in total. The van der Waals surface area contributed by atoms with Gasteiger partial charge in [0.25, 0.3) is 0 Å². The lowest BCUT2D eigenvalue weighted by atomic mass is 9.87. The average Bonchev–Trinajstić information content (AvgIpc) is 2.94. The van der Waals surface area contributed by atoms with Crippen LogP contribution >= 0.6 is 23.8 Å². The monoisotopic (exact) mass is 370 g/mol. The second-order valence-electron chi connectivity index (χ2n) is 6.79. The van der Waals surface area contributed by atoms with E-state index < -0.39 is 0 Å². The third-order valence-corrected chi connectivity index (χ3v) is 4.37. The molecule has 0 saturated heterocycles. The van der Waals surface area contributed by atoms with Gasteiger partial charge in [0.05, 0.1) is 6.21 Å². The fourth-order valence-electron chi connectivity index (χ4n) is 2.38. The highest BCUT2D eigenvalue weighted by Crippen LogP contribution is 2.25. The first-order chi connectivity index (χ1) is 11.8. The zero-order valence-electron chi connectivity index (χ0n) is 14.3. The van der Waals surface area contributed by atoms with E-state index in [2.05, 4.69) is 48.2 Å². The van der Waals surface area contributed by atoms with Crippen LogP contribution in [-0.2, 0) is 5.41 Å².